The van der Waals surface area contributed by atoms with Gasteiger partial charge in [-0.3, -0.25) is 4.98 Å². The van der Waals surface area contributed by atoms with Crippen LogP contribution in [0.2, 0.25) is 0 Å². The first-order valence-corrected chi connectivity index (χ1v) is 7.17. The predicted molar refractivity (Wildman–Crippen MR) is 81.6 cm³/mol. The van der Waals surface area contributed by atoms with Crippen molar-refractivity contribution >= 4 is 28.4 Å². The van der Waals surface area contributed by atoms with Crippen LogP contribution in [-0.2, 0) is 5.75 Å². The number of fused-ring (bicyclic) bond motifs is 1. The highest BCUT2D eigenvalue weighted by molar-refractivity contribution is 7.98. The second kappa shape index (κ2) is 5.36. The van der Waals surface area contributed by atoms with E-state index in [4.69, 9.17) is 0 Å². The third-order valence-electron chi connectivity index (χ3n) is 2.99. The molecule has 0 aliphatic carbocycles. The van der Waals surface area contributed by atoms with Gasteiger partial charge in [0.2, 0.25) is 0 Å². The lowest BCUT2D eigenvalue weighted by Crippen LogP contribution is -1.92. The summed E-state index contributed by atoms with van der Waals surface area (Å²) in [6.45, 7) is 0. The summed E-state index contributed by atoms with van der Waals surface area (Å²) >= 11 is 1.77. The standard InChI is InChI=1S/C15H15N3S/c1-16-12-6-7-17-13(9-12)10-19-15-8-11-4-2-3-5-14(11)18-15/h2-9,18H,10H2,1H3,(H,16,17). The molecule has 19 heavy (non-hydrogen) atoms. The summed E-state index contributed by atoms with van der Waals surface area (Å²) < 4.78 is 0. The molecule has 0 bridgehead atoms. The van der Waals surface area contributed by atoms with Crippen LogP contribution in [0.4, 0.5) is 5.69 Å². The molecule has 2 N–H and O–H groups in total. The molecule has 4 heteroatoms. The molecular formula is C15H15N3S. The number of nitrogens with one attached hydrogen (secondary N) is 2. The zero-order valence-electron chi connectivity index (χ0n) is 10.7. The summed E-state index contributed by atoms with van der Waals surface area (Å²) in [7, 11) is 1.92. The van der Waals surface area contributed by atoms with E-state index in [9.17, 15) is 0 Å². The smallest absolute Gasteiger partial charge is 0.0736 e. The maximum absolute atomic E-state index is 4.38. The third-order valence-corrected chi connectivity index (χ3v) is 3.96. The van der Waals surface area contributed by atoms with E-state index in [1.54, 1.807) is 11.8 Å². The predicted octanol–water partition coefficient (Wildman–Crippen LogP) is 3.90. The Hall–Kier alpha value is -1.94. The fraction of sp³-hybridized carbons (Fsp3) is 0.133. The van der Waals surface area contributed by atoms with E-state index in [1.807, 2.05) is 25.4 Å². The van der Waals surface area contributed by atoms with Crippen molar-refractivity contribution < 1.29 is 0 Å². The monoisotopic (exact) mass is 269 g/mol. The van der Waals surface area contributed by atoms with Gasteiger partial charge in [0, 0.05) is 35.6 Å². The van der Waals surface area contributed by atoms with Crippen LogP contribution in [-0.4, -0.2) is 17.0 Å². The summed E-state index contributed by atoms with van der Waals surface area (Å²) in [5.74, 6) is 0.863. The molecule has 0 unspecified atom stereocenters. The lowest BCUT2D eigenvalue weighted by atomic mass is 10.3. The van der Waals surface area contributed by atoms with Crippen LogP contribution >= 0.6 is 11.8 Å². The molecule has 0 amide bonds. The number of H-pyrrole nitrogens is 1. The lowest BCUT2D eigenvalue weighted by molar-refractivity contribution is 1.16. The normalized spacial score (nSPS) is 10.8. The van der Waals surface area contributed by atoms with Crippen molar-refractivity contribution in [3.63, 3.8) is 0 Å². The van der Waals surface area contributed by atoms with Crippen LogP contribution in [0, 0.1) is 0 Å². The molecule has 3 rings (SSSR count). The van der Waals surface area contributed by atoms with Gasteiger partial charge in [-0.2, -0.15) is 0 Å². The maximum Gasteiger partial charge on any atom is 0.0736 e. The summed E-state index contributed by atoms with van der Waals surface area (Å²) in [5, 5.41) is 5.56. The molecule has 0 atom stereocenters. The second-order valence-electron chi connectivity index (χ2n) is 4.30. The van der Waals surface area contributed by atoms with E-state index >= 15 is 0 Å². The molecular weight excluding hydrogens is 254 g/mol. The van der Waals surface area contributed by atoms with Gasteiger partial charge in [0.1, 0.15) is 0 Å². The summed E-state index contributed by atoms with van der Waals surface area (Å²) in [5.41, 5.74) is 3.36. The highest BCUT2D eigenvalue weighted by Crippen LogP contribution is 2.26. The van der Waals surface area contributed by atoms with Crippen LogP contribution in [0.15, 0.2) is 53.7 Å². The number of anilines is 1. The van der Waals surface area contributed by atoms with Gasteiger partial charge in [0.15, 0.2) is 0 Å². The van der Waals surface area contributed by atoms with E-state index in [0.717, 1.165) is 17.1 Å². The quantitative estimate of drug-likeness (QED) is 0.706. The summed E-state index contributed by atoms with van der Waals surface area (Å²) in [6, 6.07) is 14.6. The van der Waals surface area contributed by atoms with E-state index < -0.39 is 0 Å². The number of pyridine rings is 1. The van der Waals surface area contributed by atoms with Gasteiger partial charge in [0.05, 0.1) is 10.7 Å². The number of benzene rings is 1. The Balaban J connectivity index is 1.74. The molecule has 3 aromatic rings. The van der Waals surface area contributed by atoms with Gasteiger partial charge in [0.25, 0.3) is 0 Å². The number of hydrogen-bond donors (Lipinski definition) is 2. The molecule has 0 saturated carbocycles. The number of hydrogen-bond acceptors (Lipinski definition) is 3. The number of thioether (sulfide) groups is 1. The highest BCUT2D eigenvalue weighted by Gasteiger charge is 2.02. The van der Waals surface area contributed by atoms with Gasteiger partial charge in [-0.15, -0.1) is 11.8 Å². The lowest BCUT2D eigenvalue weighted by Gasteiger charge is -2.02. The molecule has 1 aromatic carbocycles. The first-order chi connectivity index (χ1) is 9.35. The van der Waals surface area contributed by atoms with Gasteiger partial charge < -0.3 is 10.3 Å². The minimum absolute atomic E-state index is 0.863. The fourth-order valence-electron chi connectivity index (χ4n) is 1.99. The van der Waals surface area contributed by atoms with Crippen molar-refractivity contribution in [3.8, 4) is 0 Å². The van der Waals surface area contributed by atoms with Crippen molar-refractivity contribution in [2.45, 2.75) is 10.8 Å². The Morgan fingerprint density at radius 1 is 1.21 bits per heavy atom. The average molecular weight is 269 g/mol. The Labute approximate surface area is 116 Å². The summed E-state index contributed by atoms with van der Waals surface area (Å²) in [6.07, 6.45) is 1.84. The fourth-order valence-corrected chi connectivity index (χ4v) is 2.84. The van der Waals surface area contributed by atoms with Crippen molar-refractivity contribution in [3.05, 3.63) is 54.4 Å². The molecule has 96 valence electrons. The molecule has 3 nitrogen and oxygen atoms in total. The van der Waals surface area contributed by atoms with E-state index in [2.05, 4.69) is 45.6 Å². The van der Waals surface area contributed by atoms with Crippen molar-refractivity contribution in [2.24, 2.45) is 0 Å². The minimum Gasteiger partial charge on any atom is -0.388 e. The molecule has 0 fully saturated rings. The molecule has 0 spiro atoms. The van der Waals surface area contributed by atoms with E-state index in [-0.39, 0.29) is 0 Å². The van der Waals surface area contributed by atoms with Crippen LogP contribution in [0.25, 0.3) is 10.9 Å². The number of nitrogens with zero attached hydrogens (tertiary/aromatic N) is 1. The minimum atomic E-state index is 0.863. The van der Waals surface area contributed by atoms with Crippen molar-refractivity contribution in [1.82, 2.24) is 9.97 Å². The molecule has 2 heterocycles. The van der Waals surface area contributed by atoms with Crippen molar-refractivity contribution in [2.75, 3.05) is 12.4 Å². The summed E-state index contributed by atoms with van der Waals surface area (Å²) in [4.78, 5) is 7.80. The van der Waals surface area contributed by atoms with Gasteiger partial charge in [-0.1, -0.05) is 18.2 Å². The highest BCUT2D eigenvalue weighted by atomic mass is 32.2. The van der Waals surface area contributed by atoms with Gasteiger partial charge in [-0.25, -0.2) is 0 Å². The number of aromatic nitrogens is 2. The zero-order chi connectivity index (χ0) is 13.1. The molecule has 0 saturated heterocycles. The first kappa shape index (κ1) is 12.1. The topological polar surface area (TPSA) is 40.7 Å². The largest absolute Gasteiger partial charge is 0.388 e. The number of para-hydroxylation sites is 1. The number of rotatable bonds is 4. The van der Waals surface area contributed by atoms with Crippen LogP contribution in [0.3, 0.4) is 0 Å². The second-order valence-corrected chi connectivity index (χ2v) is 5.31. The van der Waals surface area contributed by atoms with Crippen LogP contribution in [0.1, 0.15) is 5.69 Å². The zero-order valence-corrected chi connectivity index (χ0v) is 11.5. The Bertz CT molecular complexity index is 657. The Morgan fingerprint density at radius 2 is 2.11 bits per heavy atom. The van der Waals surface area contributed by atoms with Crippen molar-refractivity contribution in [1.29, 1.82) is 0 Å². The molecule has 0 aliphatic heterocycles. The van der Waals surface area contributed by atoms with Gasteiger partial charge in [-0.05, 0) is 24.3 Å². The average Bonchev–Trinajstić information content (AvgIpc) is 2.88. The third kappa shape index (κ3) is 2.74. The SMILES string of the molecule is CNc1ccnc(CSc2cc3ccccc3[nH]2)c1. The van der Waals surface area contributed by atoms with Crippen LogP contribution in [0.5, 0.6) is 0 Å². The first-order valence-electron chi connectivity index (χ1n) is 6.18. The Morgan fingerprint density at radius 3 is 2.95 bits per heavy atom. The van der Waals surface area contributed by atoms with E-state index in [1.165, 1.54) is 15.9 Å². The molecule has 0 aliphatic rings. The number of aromatic amines is 1. The molecule has 2 aromatic heterocycles. The van der Waals surface area contributed by atoms with Crippen LogP contribution < -0.4 is 5.32 Å². The molecule has 0 radical (unpaired) electrons. The van der Waals surface area contributed by atoms with Gasteiger partial charge >= 0.3 is 0 Å². The van der Waals surface area contributed by atoms with E-state index in [0.29, 0.717) is 0 Å². The maximum atomic E-state index is 4.38. The Kier molecular flexibility index (Phi) is 3.42.